The number of pyridine rings is 1. The normalized spacial score (nSPS) is 15.5. The summed E-state index contributed by atoms with van der Waals surface area (Å²) >= 11 is 1.63. The van der Waals surface area contributed by atoms with E-state index in [9.17, 15) is 4.79 Å². The van der Waals surface area contributed by atoms with Crippen molar-refractivity contribution in [1.82, 2.24) is 14.9 Å². The van der Waals surface area contributed by atoms with Crippen molar-refractivity contribution in [2.45, 2.75) is 38.5 Å². The summed E-state index contributed by atoms with van der Waals surface area (Å²) < 4.78 is 0. The van der Waals surface area contributed by atoms with Gasteiger partial charge in [0.15, 0.2) is 0 Å². The predicted molar refractivity (Wildman–Crippen MR) is 88.7 cm³/mol. The molecule has 22 heavy (non-hydrogen) atoms. The fourth-order valence-corrected chi connectivity index (χ4v) is 3.57. The Morgan fingerprint density at radius 2 is 2.05 bits per heavy atom. The van der Waals surface area contributed by atoms with Crippen molar-refractivity contribution in [2.24, 2.45) is 0 Å². The molecule has 0 atom stereocenters. The van der Waals surface area contributed by atoms with Crippen molar-refractivity contribution in [3.8, 4) is 11.3 Å². The van der Waals surface area contributed by atoms with Crippen LogP contribution in [0.25, 0.3) is 11.3 Å². The molecule has 5 heteroatoms. The van der Waals surface area contributed by atoms with Crippen LogP contribution in [0.2, 0.25) is 0 Å². The van der Waals surface area contributed by atoms with Crippen LogP contribution in [0.4, 0.5) is 0 Å². The van der Waals surface area contributed by atoms with Gasteiger partial charge >= 0.3 is 0 Å². The molecule has 1 amide bonds. The van der Waals surface area contributed by atoms with Crippen LogP contribution >= 0.6 is 11.3 Å². The summed E-state index contributed by atoms with van der Waals surface area (Å²) in [5, 5.41) is 3.07. The van der Waals surface area contributed by atoms with Crippen molar-refractivity contribution in [2.75, 3.05) is 13.1 Å². The molecule has 2 aromatic heterocycles. The first-order chi connectivity index (χ1) is 10.8. The lowest BCUT2D eigenvalue weighted by Gasteiger charge is -2.19. The van der Waals surface area contributed by atoms with E-state index in [1.54, 1.807) is 17.5 Å². The molecule has 0 spiro atoms. The van der Waals surface area contributed by atoms with Gasteiger partial charge in [-0.05, 0) is 25.0 Å². The number of likely N-dealkylation sites (tertiary alicyclic amines) is 1. The number of nitrogens with zero attached hydrogens (tertiary/aromatic N) is 3. The zero-order valence-electron chi connectivity index (χ0n) is 12.7. The SMILES string of the molecule is O=C(CCc1nc(-c2cccnc2)cs1)N1CCCCCC1. The number of aryl methyl sites for hydroxylation is 1. The number of aromatic nitrogens is 2. The molecular formula is C17H21N3OS. The van der Waals surface area contributed by atoms with E-state index in [1.807, 2.05) is 28.6 Å². The molecule has 1 aliphatic heterocycles. The highest BCUT2D eigenvalue weighted by molar-refractivity contribution is 7.09. The van der Waals surface area contributed by atoms with Crippen LogP contribution in [0.5, 0.6) is 0 Å². The van der Waals surface area contributed by atoms with Gasteiger partial charge in [-0.15, -0.1) is 11.3 Å². The number of carbonyl (C=O) groups is 1. The molecule has 4 nitrogen and oxygen atoms in total. The molecule has 1 fully saturated rings. The second-order valence-corrected chi connectivity index (χ2v) is 6.61. The smallest absolute Gasteiger partial charge is 0.222 e. The Labute approximate surface area is 135 Å². The molecule has 0 aliphatic carbocycles. The van der Waals surface area contributed by atoms with Crippen LogP contribution in [0.1, 0.15) is 37.1 Å². The fraction of sp³-hybridized carbons (Fsp3) is 0.471. The van der Waals surface area contributed by atoms with E-state index in [0.717, 1.165) is 48.6 Å². The lowest BCUT2D eigenvalue weighted by Crippen LogP contribution is -2.31. The quantitative estimate of drug-likeness (QED) is 0.867. The summed E-state index contributed by atoms with van der Waals surface area (Å²) in [5.74, 6) is 0.278. The largest absolute Gasteiger partial charge is 0.343 e. The minimum absolute atomic E-state index is 0.278. The molecule has 0 saturated carbocycles. The van der Waals surface area contributed by atoms with E-state index < -0.39 is 0 Å². The van der Waals surface area contributed by atoms with Gasteiger partial charge in [0.25, 0.3) is 0 Å². The first-order valence-corrected chi connectivity index (χ1v) is 8.83. The highest BCUT2D eigenvalue weighted by atomic mass is 32.1. The maximum atomic E-state index is 12.3. The number of hydrogen-bond acceptors (Lipinski definition) is 4. The standard InChI is InChI=1S/C17H21N3OS/c21-17(20-10-3-1-2-4-11-20)8-7-16-19-15(13-22-16)14-6-5-9-18-12-14/h5-6,9,12-13H,1-4,7-8,10-11H2. The fourth-order valence-electron chi connectivity index (χ4n) is 2.76. The Morgan fingerprint density at radius 3 is 2.77 bits per heavy atom. The average molecular weight is 315 g/mol. The molecule has 0 N–H and O–H groups in total. The van der Waals surface area contributed by atoms with Gasteiger partial charge in [0, 0.05) is 49.3 Å². The Morgan fingerprint density at radius 1 is 1.23 bits per heavy atom. The molecule has 1 saturated heterocycles. The van der Waals surface area contributed by atoms with Crippen LogP contribution in [-0.4, -0.2) is 33.9 Å². The van der Waals surface area contributed by atoms with Crippen LogP contribution in [0.3, 0.4) is 0 Å². The number of rotatable bonds is 4. The predicted octanol–water partition coefficient (Wildman–Crippen LogP) is 3.54. The highest BCUT2D eigenvalue weighted by Crippen LogP contribution is 2.22. The van der Waals surface area contributed by atoms with E-state index >= 15 is 0 Å². The maximum absolute atomic E-state index is 12.3. The zero-order valence-corrected chi connectivity index (χ0v) is 13.5. The lowest BCUT2D eigenvalue weighted by molar-refractivity contribution is -0.131. The molecular weight excluding hydrogens is 294 g/mol. The molecule has 116 valence electrons. The first-order valence-electron chi connectivity index (χ1n) is 7.95. The van der Waals surface area contributed by atoms with Gasteiger partial charge in [0.1, 0.15) is 0 Å². The lowest BCUT2D eigenvalue weighted by atomic mass is 10.2. The molecule has 0 unspecified atom stereocenters. The van der Waals surface area contributed by atoms with E-state index in [-0.39, 0.29) is 5.91 Å². The Balaban J connectivity index is 1.55. The van der Waals surface area contributed by atoms with Crippen LogP contribution in [-0.2, 0) is 11.2 Å². The summed E-state index contributed by atoms with van der Waals surface area (Å²) in [6.07, 6.45) is 9.69. The van der Waals surface area contributed by atoms with Crippen LogP contribution in [0.15, 0.2) is 29.9 Å². The minimum Gasteiger partial charge on any atom is -0.343 e. The molecule has 2 aromatic rings. The second-order valence-electron chi connectivity index (χ2n) is 5.66. The Bertz CT molecular complexity index is 603. The van der Waals surface area contributed by atoms with Crippen molar-refractivity contribution in [3.63, 3.8) is 0 Å². The molecule has 1 aliphatic rings. The maximum Gasteiger partial charge on any atom is 0.222 e. The summed E-state index contributed by atoms with van der Waals surface area (Å²) in [7, 11) is 0. The van der Waals surface area contributed by atoms with Gasteiger partial charge in [-0.2, -0.15) is 0 Å². The summed E-state index contributed by atoms with van der Waals surface area (Å²) in [5.41, 5.74) is 1.99. The van der Waals surface area contributed by atoms with Gasteiger partial charge in [-0.3, -0.25) is 9.78 Å². The van der Waals surface area contributed by atoms with Gasteiger partial charge in [-0.1, -0.05) is 12.8 Å². The first kappa shape index (κ1) is 15.2. The van der Waals surface area contributed by atoms with Gasteiger partial charge in [0.2, 0.25) is 5.91 Å². The van der Waals surface area contributed by atoms with Crippen molar-refractivity contribution >= 4 is 17.2 Å². The van der Waals surface area contributed by atoms with Crippen molar-refractivity contribution < 1.29 is 4.79 Å². The molecule has 0 bridgehead atoms. The Kier molecular flexibility index (Phi) is 5.16. The van der Waals surface area contributed by atoms with E-state index in [1.165, 1.54) is 12.8 Å². The number of carbonyl (C=O) groups excluding carboxylic acids is 1. The molecule has 0 aromatic carbocycles. The van der Waals surface area contributed by atoms with E-state index in [2.05, 4.69) is 9.97 Å². The molecule has 0 radical (unpaired) electrons. The van der Waals surface area contributed by atoms with Crippen molar-refractivity contribution in [3.05, 3.63) is 34.9 Å². The van der Waals surface area contributed by atoms with Gasteiger partial charge in [-0.25, -0.2) is 4.98 Å². The van der Waals surface area contributed by atoms with Crippen LogP contribution < -0.4 is 0 Å². The third-order valence-corrected chi connectivity index (χ3v) is 4.93. The van der Waals surface area contributed by atoms with Crippen LogP contribution in [0, 0.1) is 0 Å². The average Bonchev–Trinajstić information content (AvgIpc) is 2.87. The highest BCUT2D eigenvalue weighted by Gasteiger charge is 2.16. The van der Waals surface area contributed by atoms with E-state index in [0.29, 0.717) is 6.42 Å². The van der Waals surface area contributed by atoms with Gasteiger partial charge < -0.3 is 4.90 Å². The number of hydrogen-bond donors (Lipinski definition) is 0. The number of thiazole rings is 1. The molecule has 3 heterocycles. The summed E-state index contributed by atoms with van der Waals surface area (Å²) in [6, 6.07) is 3.92. The minimum atomic E-state index is 0.278. The Hall–Kier alpha value is -1.75. The third kappa shape index (κ3) is 3.91. The number of amides is 1. The van der Waals surface area contributed by atoms with E-state index in [4.69, 9.17) is 0 Å². The van der Waals surface area contributed by atoms with Gasteiger partial charge in [0.05, 0.1) is 10.7 Å². The third-order valence-electron chi connectivity index (χ3n) is 4.02. The molecule has 3 rings (SSSR count). The summed E-state index contributed by atoms with van der Waals surface area (Å²) in [6.45, 7) is 1.86. The summed E-state index contributed by atoms with van der Waals surface area (Å²) in [4.78, 5) is 23.1. The monoisotopic (exact) mass is 315 g/mol. The second kappa shape index (κ2) is 7.49. The van der Waals surface area contributed by atoms with Crippen molar-refractivity contribution in [1.29, 1.82) is 0 Å². The zero-order chi connectivity index (χ0) is 15.2. The topological polar surface area (TPSA) is 46.1 Å².